The molecule has 0 radical (unpaired) electrons. The number of rotatable bonds is 5. The molecule has 3 aliphatic carbocycles. The van der Waals surface area contributed by atoms with Crippen molar-refractivity contribution < 1.29 is 33.3 Å². The number of ether oxygens (including phenoxy) is 4. The molecule has 0 N–H and O–H groups in total. The van der Waals surface area contributed by atoms with Crippen molar-refractivity contribution in [1.29, 1.82) is 0 Å². The first kappa shape index (κ1) is 18.3. The van der Waals surface area contributed by atoms with Crippen molar-refractivity contribution in [2.24, 2.45) is 11.8 Å². The van der Waals surface area contributed by atoms with Gasteiger partial charge in [0.25, 0.3) is 0 Å². The van der Waals surface area contributed by atoms with E-state index in [0.717, 1.165) is 0 Å². The Labute approximate surface area is 150 Å². The van der Waals surface area contributed by atoms with Crippen LogP contribution in [0.3, 0.4) is 0 Å². The molecule has 1 aromatic rings. The maximum atomic E-state index is 12.9. The fourth-order valence-electron chi connectivity index (χ4n) is 3.73. The molecule has 138 valence electrons. The van der Waals surface area contributed by atoms with E-state index in [9.17, 15) is 14.4 Å². The molecule has 7 heteroatoms. The number of ketones is 1. The Bertz CT molecular complexity index is 748. The van der Waals surface area contributed by atoms with E-state index < -0.39 is 35.7 Å². The minimum atomic E-state index is -1.58. The normalized spacial score (nSPS) is 26.2. The molecule has 3 atom stereocenters. The van der Waals surface area contributed by atoms with Crippen molar-refractivity contribution in [1.82, 2.24) is 0 Å². The molecule has 4 rings (SSSR count). The van der Waals surface area contributed by atoms with Crippen LogP contribution in [0.1, 0.15) is 16.8 Å². The van der Waals surface area contributed by atoms with Crippen LogP contribution in [-0.2, 0) is 28.5 Å². The zero-order valence-corrected chi connectivity index (χ0v) is 14.8. The standard InChI is InChI=1S/C19H20O7/c1-23-18(22)12-9-13-15(26-17(21)11-7-5-4-6-8-11)10-14(12)19(24-2,25-3)16(13)20/h4-9,13-15H,10H2,1-3H3/t13-,14-,15-/m1/s1. The molecular weight excluding hydrogens is 340 g/mol. The summed E-state index contributed by atoms with van der Waals surface area (Å²) in [5.41, 5.74) is 0.691. The molecule has 1 aromatic carbocycles. The van der Waals surface area contributed by atoms with Gasteiger partial charge in [-0.3, -0.25) is 4.79 Å². The molecule has 0 aromatic heterocycles. The lowest BCUT2D eigenvalue weighted by Crippen LogP contribution is -2.63. The molecule has 7 nitrogen and oxygen atoms in total. The van der Waals surface area contributed by atoms with Crippen molar-refractivity contribution >= 4 is 17.7 Å². The molecule has 1 fully saturated rings. The highest BCUT2D eigenvalue weighted by atomic mass is 16.7. The van der Waals surface area contributed by atoms with Gasteiger partial charge in [-0.05, 0) is 18.6 Å². The quantitative estimate of drug-likeness (QED) is 0.581. The van der Waals surface area contributed by atoms with Crippen LogP contribution < -0.4 is 0 Å². The van der Waals surface area contributed by atoms with E-state index in [2.05, 4.69) is 0 Å². The molecule has 0 saturated heterocycles. The van der Waals surface area contributed by atoms with Crippen LogP contribution >= 0.6 is 0 Å². The molecule has 2 bridgehead atoms. The summed E-state index contributed by atoms with van der Waals surface area (Å²) < 4.78 is 21.1. The maximum Gasteiger partial charge on any atom is 0.338 e. The number of fused-ring (bicyclic) bond motifs is 2. The molecule has 0 amide bonds. The first-order valence-electron chi connectivity index (χ1n) is 8.19. The fraction of sp³-hybridized carbons (Fsp3) is 0.421. The highest BCUT2D eigenvalue weighted by Crippen LogP contribution is 2.48. The molecule has 0 heterocycles. The van der Waals surface area contributed by atoms with Crippen molar-refractivity contribution in [3.8, 4) is 0 Å². The van der Waals surface area contributed by atoms with Crippen molar-refractivity contribution in [3.63, 3.8) is 0 Å². The molecular formula is C19H20O7. The number of benzene rings is 1. The largest absolute Gasteiger partial charge is 0.466 e. The van der Waals surface area contributed by atoms with E-state index in [1.54, 1.807) is 30.3 Å². The Kier molecular flexibility index (Phi) is 4.93. The second-order valence-corrected chi connectivity index (χ2v) is 6.18. The van der Waals surface area contributed by atoms with Gasteiger partial charge in [0, 0.05) is 19.8 Å². The zero-order valence-electron chi connectivity index (χ0n) is 14.8. The van der Waals surface area contributed by atoms with E-state index in [1.165, 1.54) is 27.4 Å². The lowest BCUT2D eigenvalue weighted by molar-refractivity contribution is -0.245. The number of carbonyl (C=O) groups is 3. The SMILES string of the molecule is COC(=O)C1=C[C@H]2C(=O)C(OC)(OC)[C@@H]1C[C@H]2OC(=O)c1ccccc1. The first-order valence-corrected chi connectivity index (χ1v) is 8.19. The maximum absolute atomic E-state index is 12.9. The molecule has 0 spiro atoms. The third-order valence-electron chi connectivity index (χ3n) is 5.00. The number of hydrogen-bond donors (Lipinski definition) is 0. The van der Waals surface area contributed by atoms with E-state index in [-0.39, 0.29) is 12.2 Å². The monoisotopic (exact) mass is 360 g/mol. The number of hydrogen-bond acceptors (Lipinski definition) is 7. The molecule has 26 heavy (non-hydrogen) atoms. The summed E-state index contributed by atoms with van der Waals surface area (Å²) in [6.45, 7) is 0. The minimum Gasteiger partial charge on any atom is -0.466 e. The van der Waals surface area contributed by atoms with Crippen molar-refractivity contribution in [2.75, 3.05) is 21.3 Å². The first-order chi connectivity index (χ1) is 12.5. The van der Waals surface area contributed by atoms with Crippen LogP contribution in [0, 0.1) is 11.8 Å². The third-order valence-corrected chi connectivity index (χ3v) is 5.00. The lowest BCUT2D eigenvalue weighted by Gasteiger charge is -2.49. The Hall–Kier alpha value is -2.51. The Balaban J connectivity index is 1.91. The van der Waals surface area contributed by atoms with Crippen LogP contribution in [0.15, 0.2) is 42.0 Å². The summed E-state index contributed by atoms with van der Waals surface area (Å²) in [6, 6.07) is 8.51. The fourth-order valence-corrected chi connectivity index (χ4v) is 3.73. The highest BCUT2D eigenvalue weighted by Gasteiger charge is 2.62. The minimum absolute atomic E-state index is 0.220. The van der Waals surface area contributed by atoms with Gasteiger partial charge >= 0.3 is 11.9 Å². The Morgan fingerprint density at radius 1 is 1.04 bits per heavy atom. The summed E-state index contributed by atoms with van der Waals surface area (Å²) in [6.07, 6.45) is 1.02. The summed E-state index contributed by atoms with van der Waals surface area (Å²) in [5.74, 6) is -4.61. The Morgan fingerprint density at radius 2 is 1.69 bits per heavy atom. The number of carbonyl (C=O) groups excluding carboxylic acids is 3. The van der Waals surface area contributed by atoms with Gasteiger partial charge in [0.05, 0.1) is 24.5 Å². The predicted octanol–water partition coefficient (Wildman–Crippen LogP) is 1.52. The lowest BCUT2D eigenvalue weighted by atomic mass is 9.65. The van der Waals surface area contributed by atoms with Gasteiger partial charge in [-0.1, -0.05) is 24.3 Å². The van der Waals surface area contributed by atoms with E-state index in [4.69, 9.17) is 18.9 Å². The van der Waals surface area contributed by atoms with E-state index in [1.807, 2.05) is 0 Å². The summed E-state index contributed by atoms with van der Waals surface area (Å²) in [7, 11) is 3.96. The number of methoxy groups -OCH3 is 3. The van der Waals surface area contributed by atoms with Gasteiger partial charge in [-0.2, -0.15) is 0 Å². The van der Waals surface area contributed by atoms with Gasteiger partial charge in [0.1, 0.15) is 6.10 Å². The van der Waals surface area contributed by atoms with E-state index in [0.29, 0.717) is 11.1 Å². The van der Waals surface area contributed by atoms with Gasteiger partial charge in [0.2, 0.25) is 11.6 Å². The van der Waals surface area contributed by atoms with Gasteiger partial charge in [-0.25, -0.2) is 9.59 Å². The number of Topliss-reactive ketones (excluding diaryl/α,β-unsaturated/α-hetero) is 1. The van der Waals surface area contributed by atoms with Gasteiger partial charge < -0.3 is 18.9 Å². The summed E-state index contributed by atoms with van der Waals surface area (Å²) >= 11 is 0. The smallest absolute Gasteiger partial charge is 0.338 e. The molecule has 0 aliphatic heterocycles. The van der Waals surface area contributed by atoms with Crippen molar-refractivity contribution in [2.45, 2.75) is 18.3 Å². The number of esters is 2. The summed E-state index contributed by atoms with van der Waals surface area (Å²) in [4.78, 5) is 37.4. The van der Waals surface area contributed by atoms with Crippen LogP contribution in [0.25, 0.3) is 0 Å². The topological polar surface area (TPSA) is 88.1 Å². The van der Waals surface area contributed by atoms with Gasteiger partial charge in [0.15, 0.2) is 0 Å². The average Bonchev–Trinajstić information content (AvgIpc) is 2.69. The van der Waals surface area contributed by atoms with Crippen LogP contribution in [0.2, 0.25) is 0 Å². The predicted molar refractivity (Wildman–Crippen MR) is 89.1 cm³/mol. The third kappa shape index (κ3) is 2.73. The molecule has 3 aliphatic rings. The molecule has 1 saturated carbocycles. The summed E-state index contributed by atoms with van der Waals surface area (Å²) in [5, 5.41) is 0. The second-order valence-electron chi connectivity index (χ2n) is 6.18. The van der Waals surface area contributed by atoms with Crippen LogP contribution in [0.4, 0.5) is 0 Å². The highest BCUT2D eigenvalue weighted by molar-refractivity contribution is 6.00. The zero-order chi connectivity index (χ0) is 18.9. The van der Waals surface area contributed by atoms with Crippen LogP contribution in [-0.4, -0.2) is 50.9 Å². The second kappa shape index (κ2) is 7.01. The van der Waals surface area contributed by atoms with Crippen LogP contribution in [0.5, 0.6) is 0 Å². The average molecular weight is 360 g/mol. The van der Waals surface area contributed by atoms with Gasteiger partial charge in [-0.15, -0.1) is 0 Å². The molecule has 0 unspecified atom stereocenters. The van der Waals surface area contributed by atoms with Crippen molar-refractivity contribution in [3.05, 3.63) is 47.5 Å². The Morgan fingerprint density at radius 3 is 2.27 bits per heavy atom. The van der Waals surface area contributed by atoms with E-state index >= 15 is 0 Å².